The molecule has 0 atom stereocenters. The molecule has 0 saturated carbocycles. The molecule has 0 nitrogen and oxygen atoms in total. The summed E-state index contributed by atoms with van der Waals surface area (Å²) in [5.41, 5.74) is 1.29. The first-order valence-corrected chi connectivity index (χ1v) is 10.1. The normalized spacial score (nSPS) is 17.0. The molecule has 0 heterocycles. The zero-order valence-electron chi connectivity index (χ0n) is 16.3. The Morgan fingerprint density at radius 1 is 0.448 bits per heavy atom. The van der Waals surface area contributed by atoms with Crippen LogP contribution >= 0.6 is 0 Å². The minimum Gasteiger partial charge on any atom is -0.0616 e. The van der Waals surface area contributed by atoms with E-state index in [4.69, 9.17) is 0 Å². The summed E-state index contributed by atoms with van der Waals surface area (Å²) in [5, 5.41) is 13.1. The highest BCUT2D eigenvalue weighted by Gasteiger charge is 2.08. The van der Waals surface area contributed by atoms with Crippen LogP contribution in [0, 0.1) is 27.8 Å². The van der Waals surface area contributed by atoms with Gasteiger partial charge in [0.1, 0.15) is 0 Å². The second-order valence-electron chi connectivity index (χ2n) is 7.85. The maximum atomic E-state index is 2.35. The molecule has 0 bridgehead atoms. The molecule has 0 heteroatoms. The Morgan fingerprint density at radius 2 is 0.966 bits per heavy atom. The monoisotopic (exact) mass is 368 g/mol. The minimum atomic E-state index is 1.26. The fourth-order valence-corrected chi connectivity index (χ4v) is 4.78. The van der Waals surface area contributed by atoms with Gasteiger partial charge in [0.05, 0.1) is 0 Å². The molecule has 136 valence electrons. The van der Waals surface area contributed by atoms with Gasteiger partial charge in [-0.15, -0.1) is 0 Å². The quantitative estimate of drug-likeness (QED) is 0.319. The largest absolute Gasteiger partial charge is 0.0616 e. The fourth-order valence-electron chi connectivity index (χ4n) is 4.78. The fraction of sp³-hybridized carbons (Fsp3) is 0.0345. The van der Waals surface area contributed by atoms with E-state index in [2.05, 4.69) is 110 Å². The molecular formula is C29H20. The lowest BCUT2D eigenvalue weighted by molar-refractivity contribution is 1.39. The Morgan fingerprint density at radius 3 is 1.66 bits per heavy atom. The van der Waals surface area contributed by atoms with Gasteiger partial charge in [-0.2, -0.15) is 0 Å². The lowest BCUT2D eigenvalue weighted by atomic mass is 9.93. The number of rotatable bonds is 0. The zero-order chi connectivity index (χ0) is 19.4. The van der Waals surface area contributed by atoms with Gasteiger partial charge >= 0.3 is 0 Å². The molecule has 0 amide bonds. The highest BCUT2D eigenvalue weighted by molar-refractivity contribution is 6.08. The van der Waals surface area contributed by atoms with Crippen molar-refractivity contribution in [1.82, 2.24) is 0 Å². The van der Waals surface area contributed by atoms with E-state index in [1.54, 1.807) is 0 Å². The number of benzene rings is 5. The summed E-state index contributed by atoms with van der Waals surface area (Å²) in [5.74, 6) is 0. The van der Waals surface area contributed by atoms with Crippen LogP contribution in [0.4, 0.5) is 0 Å². The SMILES string of the molecule is Cc1ccc2c(c1)c1/c(c3ccccc32)=c2/cccc/c2=C/C=c2/cccc/c2=1. The molecule has 0 spiro atoms. The van der Waals surface area contributed by atoms with Crippen LogP contribution in [-0.2, 0) is 0 Å². The topological polar surface area (TPSA) is 0 Å². The van der Waals surface area contributed by atoms with Crippen molar-refractivity contribution in [1.29, 1.82) is 0 Å². The van der Waals surface area contributed by atoms with Crippen LogP contribution in [0.3, 0.4) is 0 Å². The van der Waals surface area contributed by atoms with Crippen molar-refractivity contribution in [3.8, 4) is 0 Å². The smallest absolute Gasteiger partial charge is 0.00140 e. The van der Waals surface area contributed by atoms with Crippen molar-refractivity contribution in [3.05, 3.63) is 128 Å². The lowest BCUT2D eigenvalue weighted by Crippen LogP contribution is -2.09. The van der Waals surface area contributed by atoms with E-state index < -0.39 is 0 Å². The summed E-state index contributed by atoms with van der Waals surface area (Å²) >= 11 is 0. The van der Waals surface area contributed by atoms with Crippen LogP contribution in [0.25, 0.3) is 33.7 Å². The number of fused-ring (bicyclic) bond motifs is 8. The van der Waals surface area contributed by atoms with Gasteiger partial charge in [-0.3, -0.25) is 0 Å². The Bertz CT molecular complexity index is 1760. The Kier molecular flexibility index (Phi) is 3.48. The third kappa shape index (κ3) is 2.39. The molecule has 5 aromatic carbocycles. The predicted octanol–water partition coefficient (Wildman–Crippen LogP) is 5.45. The molecule has 0 saturated heterocycles. The average molecular weight is 368 g/mol. The first-order valence-electron chi connectivity index (χ1n) is 10.1. The summed E-state index contributed by atoms with van der Waals surface area (Å²) in [7, 11) is 0. The van der Waals surface area contributed by atoms with E-state index in [0.717, 1.165) is 0 Å². The lowest BCUT2D eigenvalue weighted by Gasteiger charge is -2.10. The van der Waals surface area contributed by atoms with E-state index in [9.17, 15) is 0 Å². The molecule has 29 heavy (non-hydrogen) atoms. The molecule has 0 aromatic heterocycles. The van der Waals surface area contributed by atoms with Crippen molar-refractivity contribution < 1.29 is 0 Å². The van der Waals surface area contributed by atoms with E-state index in [1.807, 2.05) is 0 Å². The summed E-state index contributed by atoms with van der Waals surface area (Å²) in [4.78, 5) is 0. The van der Waals surface area contributed by atoms with Gasteiger partial charge in [-0.1, -0.05) is 109 Å². The third-order valence-electron chi connectivity index (χ3n) is 6.08. The van der Waals surface area contributed by atoms with Crippen molar-refractivity contribution >= 4 is 33.7 Å². The predicted molar refractivity (Wildman–Crippen MR) is 123 cm³/mol. The zero-order valence-corrected chi connectivity index (χ0v) is 16.3. The molecule has 5 aromatic rings. The van der Waals surface area contributed by atoms with Crippen molar-refractivity contribution in [2.75, 3.05) is 0 Å². The maximum Gasteiger partial charge on any atom is -0.00140 e. The van der Waals surface area contributed by atoms with E-state index in [1.165, 1.54) is 58.4 Å². The highest BCUT2D eigenvalue weighted by atomic mass is 14.1. The molecule has 0 aliphatic heterocycles. The van der Waals surface area contributed by atoms with E-state index in [0.29, 0.717) is 0 Å². The standard InChI is InChI=1S/C29H20/c1-19-14-17-25-24-12-6-7-13-26(24)28-22-10-4-2-8-20(22)15-16-21-9-3-5-11-23(21)29(28)27(25)18-19/h2-18H,1H3/b16-15?,20-15-,21-16-,28-22-,29-23-. The van der Waals surface area contributed by atoms with Crippen molar-refractivity contribution in [2.24, 2.45) is 0 Å². The van der Waals surface area contributed by atoms with Crippen LogP contribution < -0.4 is 10.4 Å². The van der Waals surface area contributed by atoms with Crippen LogP contribution in [0.5, 0.6) is 0 Å². The average Bonchev–Trinajstić information content (AvgIpc) is 2.76. The van der Waals surface area contributed by atoms with Crippen molar-refractivity contribution in [3.63, 3.8) is 0 Å². The Hall–Kier alpha value is -3.64. The number of hydrogen-bond acceptors (Lipinski definition) is 0. The molecule has 0 N–H and O–H groups in total. The molecular weight excluding hydrogens is 348 g/mol. The summed E-state index contributed by atoms with van der Waals surface area (Å²) < 4.78 is 0. The highest BCUT2D eigenvalue weighted by Crippen LogP contribution is 2.29. The molecule has 1 aliphatic rings. The molecule has 0 fully saturated rings. The van der Waals surface area contributed by atoms with Gasteiger partial charge < -0.3 is 0 Å². The van der Waals surface area contributed by atoms with Gasteiger partial charge in [0.15, 0.2) is 0 Å². The van der Waals surface area contributed by atoms with Gasteiger partial charge in [0.25, 0.3) is 0 Å². The molecule has 0 radical (unpaired) electrons. The Labute approximate surface area is 168 Å². The van der Waals surface area contributed by atoms with Gasteiger partial charge in [-0.25, -0.2) is 0 Å². The van der Waals surface area contributed by atoms with Gasteiger partial charge in [0.2, 0.25) is 0 Å². The van der Waals surface area contributed by atoms with Crippen LogP contribution in [0.15, 0.2) is 91.0 Å². The van der Waals surface area contributed by atoms with E-state index in [-0.39, 0.29) is 0 Å². The summed E-state index contributed by atoms with van der Waals surface area (Å²) in [6, 6.07) is 33.2. The van der Waals surface area contributed by atoms with E-state index >= 15 is 0 Å². The number of aryl methyl sites for hydroxylation is 1. The first-order chi connectivity index (χ1) is 14.3. The van der Waals surface area contributed by atoms with Crippen LogP contribution in [-0.4, -0.2) is 0 Å². The van der Waals surface area contributed by atoms with Crippen LogP contribution in [0.2, 0.25) is 0 Å². The van der Waals surface area contributed by atoms with Crippen LogP contribution in [0.1, 0.15) is 5.56 Å². The third-order valence-corrected chi connectivity index (χ3v) is 6.08. The number of hydrogen-bond donors (Lipinski definition) is 0. The molecule has 1 aliphatic carbocycles. The molecule has 0 unspecified atom stereocenters. The minimum absolute atomic E-state index is 1.26. The Balaban J connectivity index is 2.24. The second-order valence-corrected chi connectivity index (χ2v) is 7.85. The van der Waals surface area contributed by atoms with Crippen molar-refractivity contribution in [2.45, 2.75) is 6.92 Å². The summed E-state index contributed by atoms with van der Waals surface area (Å²) in [6.45, 7) is 2.18. The van der Waals surface area contributed by atoms with Gasteiger partial charge in [0, 0.05) is 0 Å². The van der Waals surface area contributed by atoms with Gasteiger partial charge in [-0.05, 0) is 59.8 Å². The first kappa shape index (κ1) is 16.3. The maximum absolute atomic E-state index is 2.35. The molecule has 6 rings (SSSR count). The second kappa shape index (κ2) is 6.18. The summed E-state index contributed by atoms with van der Waals surface area (Å²) in [6.07, 6.45) is 4.51.